The van der Waals surface area contributed by atoms with E-state index < -0.39 is 0 Å². The molecule has 2 aromatic heterocycles. The summed E-state index contributed by atoms with van der Waals surface area (Å²) in [5.74, 6) is 1.27. The summed E-state index contributed by atoms with van der Waals surface area (Å²) < 4.78 is 5.43. The summed E-state index contributed by atoms with van der Waals surface area (Å²) in [6.07, 6.45) is 0. The Labute approximate surface area is 208 Å². The van der Waals surface area contributed by atoms with Crippen LogP contribution in [-0.2, 0) is 4.74 Å². The van der Waals surface area contributed by atoms with E-state index in [1.165, 1.54) is 11.3 Å². The number of morpholine rings is 1. The van der Waals surface area contributed by atoms with E-state index in [4.69, 9.17) is 4.74 Å². The number of aryl methyl sites for hydroxylation is 2. The molecule has 2 N–H and O–H groups in total. The third-order valence-electron chi connectivity index (χ3n) is 5.58. The van der Waals surface area contributed by atoms with Crippen molar-refractivity contribution in [3.63, 3.8) is 0 Å². The molecule has 178 valence electrons. The summed E-state index contributed by atoms with van der Waals surface area (Å²) in [5, 5.41) is 7.15. The van der Waals surface area contributed by atoms with Gasteiger partial charge in [0.25, 0.3) is 5.91 Å². The van der Waals surface area contributed by atoms with Gasteiger partial charge in [-0.1, -0.05) is 30.3 Å². The van der Waals surface area contributed by atoms with Crippen LogP contribution >= 0.6 is 11.3 Å². The largest absolute Gasteiger partial charge is 0.378 e. The minimum absolute atomic E-state index is 0.163. The van der Waals surface area contributed by atoms with Crippen LogP contribution in [0.1, 0.15) is 21.1 Å². The highest BCUT2D eigenvalue weighted by Crippen LogP contribution is 2.28. The number of nitrogens with one attached hydrogen (secondary N) is 2. The first-order valence-electron chi connectivity index (χ1n) is 11.4. The van der Waals surface area contributed by atoms with Crippen LogP contribution in [0.25, 0.3) is 10.6 Å². The summed E-state index contributed by atoms with van der Waals surface area (Å²) in [5.41, 5.74) is 4.20. The molecule has 8 nitrogen and oxygen atoms in total. The zero-order valence-corrected chi connectivity index (χ0v) is 20.4. The van der Waals surface area contributed by atoms with Crippen LogP contribution in [0.4, 0.5) is 23.1 Å². The van der Waals surface area contributed by atoms with Crippen molar-refractivity contribution >= 4 is 40.4 Å². The van der Waals surface area contributed by atoms with Crippen molar-refractivity contribution in [1.82, 2.24) is 15.0 Å². The lowest BCUT2D eigenvalue weighted by atomic mass is 10.2. The summed E-state index contributed by atoms with van der Waals surface area (Å²) in [6, 6.07) is 19.4. The van der Waals surface area contributed by atoms with E-state index in [-0.39, 0.29) is 5.91 Å². The molecule has 1 aliphatic heterocycles. The second-order valence-electron chi connectivity index (χ2n) is 8.25. The van der Waals surface area contributed by atoms with Crippen molar-refractivity contribution in [3.8, 4) is 10.6 Å². The highest BCUT2D eigenvalue weighted by molar-refractivity contribution is 7.17. The fourth-order valence-electron chi connectivity index (χ4n) is 3.81. The van der Waals surface area contributed by atoms with E-state index in [0.29, 0.717) is 29.7 Å². The van der Waals surface area contributed by atoms with Crippen LogP contribution in [0.5, 0.6) is 0 Å². The number of thiazole rings is 1. The number of anilines is 4. The number of nitrogens with zero attached hydrogens (tertiary/aromatic N) is 4. The number of benzene rings is 2. The fourth-order valence-corrected chi connectivity index (χ4v) is 4.77. The van der Waals surface area contributed by atoms with Crippen molar-refractivity contribution in [2.75, 3.05) is 41.8 Å². The lowest BCUT2D eigenvalue weighted by Crippen LogP contribution is -2.37. The van der Waals surface area contributed by atoms with E-state index in [2.05, 4.69) is 30.5 Å². The van der Waals surface area contributed by atoms with Crippen LogP contribution in [0.2, 0.25) is 0 Å². The molecule has 0 atom stereocenters. The Morgan fingerprint density at radius 3 is 2.40 bits per heavy atom. The first-order valence-corrected chi connectivity index (χ1v) is 12.3. The summed E-state index contributed by atoms with van der Waals surface area (Å²) in [7, 11) is 0. The normalized spacial score (nSPS) is 13.5. The molecule has 4 aromatic rings. The van der Waals surface area contributed by atoms with Crippen molar-refractivity contribution < 1.29 is 9.53 Å². The molecule has 1 aliphatic rings. The molecular formula is C26H26N6O2S. The molecule has 0 spiro atoms. The lowest BCUT2D eigenvalue weighted by Gasteiger charge is -2.27. The highest BCUT2D eigenvalue weighted by atomic mass is 32.1. The van der Waals surface area contributed by atoms with E-state index in [0.717, 1.165) is 46.6 Å². The van der Waals surface area contributed by atoms with Crippen LogP contribution < -0.4 is 15.5 Å². The monoisotopic (exact) mass is 486 g/mol. The predicted molar refractivity (Wildman–Crippen MR) is 140 cm³/mol. The van der Waals surface area contributed by atoms with Crippen LogP contribution in [0, 0.1) is 13.8 Å². The molecule has 0 radical (unpaired) electrons. The number of hydrogen-bond acceptors (Lipinski definition) is 8. The molecule has 1 amide bonds. The van der Waals surface area contributed by atoms with Gasteiger partial charge in [-0.3, -0.25) is 4.79 Å². The Balaban J connectivity index is 1.26. The highest BCUT2D eigenvalue weighted by Gasteiger charge is 2.17. The molecule has 0 bridgehead atoms. The molecule has 2 aromatic carbocycles. The van der Waals surface area contributed by atoms with Crippen LogP contribution in [0.3, 0.4) is 0 Å². The summed E-state index contributed by atoms with van der Waals surface area (Å²) >= 11 is 1.40. The summed E-state index contributed by atoms with van der Waals surface area (Å²) in [4.78, 5) is 29.5. The minimum atomic E-state index is -0.163. The van der Waals surface area contributed by atoms with E-state index in [9.17, 15) is 4.79 Å². The van der Waals surface area contributed by atoms with Gasteiger partial charge in [-0.05, 0) is 38.1 Å². The molecule has 1 saturated heterocycles. The van der Waals surface area contributed by atoms with Gasteiger partial charge in [-0.2, -0.15) is 4.98 Å². The average Bonchev–Trinajstić information content (AvgIpc) is 3.28. The van der Waals surface area contributed by atoms with Crippen molar-refractivity contribution in [2.45, 2.75) is 13.8 Å². The Kier molecular flexibility index (Phi) is 6.69. The van der Waals surface area contributed by atoms with Crippen LogP contribution in [0.15, 0.2) is 60.7 Å². The molecule has 5 rings (SSSR count). The second kappa shape index (κ2) is 10.2. The predicted octanol–water partition coefficient (Wildman–Crippen LogP) is 5.05. The van der Waals surface area contributed by atoms with Gasteiger partial charge in [-0.25, -0.2) is 9.97 Å². The van der Waals surface area contributed by atoms with Crippen molar-refractivity contribution in [3.05, 3.63) is 76.9 Å². The smallest absolute Gasteiger partial charge is 0.267 e. The second-order valence-corrected chi connectivity index (χ2v) is 9.25. The third-order valence-corrected chi connectivity index (χ3v) is 6.78. The first-order chi connectivity index (χ1) is 17.0. The van der Waals surface area contributed by atoms with Gasteiger partial charge >= 0.3 is 0 Å². The van der Waals surface area contributed by atoms with E-state index >= 15 is 0 Å². The van der Waals surface area contributed by atoms with Crippen LogP contribution in [-0.4, -0.2) is 47.2 Å². The van der Waals surface area contributed by atoms with Gasteiger partial charge in [0.1, 0.15) is 15.7 Å². The Morgan fingerprint density at radius 2 is 1.66 bits per heavy atom. The van der Waals surface area contributed by atoms with Gasteiger partial charge < -0.3 is 20.3 Å². The molecule has 9 heteroatoms. The lowest BCUT2D eigenvalue weighted by molar-refractivity contribution is 0.103. The molecule has 0 aliphatic carbocycles. The number of hydrogen-bond donors (Lipinski definition) is 2. The molecule has 1 fully saturated rings. The quantitative estimate of drug-likeness (QED) is 0.394. The maximum absolute atomic E-state index is 12.9. The zero-order valence-electron chi connectivity index (χ0n) is 19.6. The van der Waals surface area contributed by atoms with Gasteiger partial charge in [0, 0.05) is 41.8 Å². The van der Waals surface area contributed by atoms with Gasteiger partial charge in [0.2, 0.25) is 5.95 Å². The van der Waals surface area contributed by atoms with Gasteiger partial charge in [0.15, 0.2) is 0 Å². The minimum Gasteiger partial charge on any atom is -0.378 e. The number of carbonyl (C=O) groups is 1. The van der Waals surface area contributed by atoms with E-state index in [1.807, 2.05) is 74.5 Å². The Bertz CT molecular complexity index is 1320. The molecule has 3 heterocycles. The maximum atomic E-state index is 12.9. The fraction of sp³-hybridized carbons (Fsp3) is 0.231. The third kappa shape index (κ3) is 5.47. The Hall–Kier alpha value is -3.82. The molecular weight excluding hydrogens is 460 g/mol. The zero-order chi connectivity index (χ0) is 24.2. The number of ether oxygens (including phenoxy) is 1. The Morgan fingerprint density at radius 1 is 0.943 bits per heavy atom. The topological polar surface area (TPSA) is 92.3 Å². The first kappa shape index (κ1) is 22.9. The van der Waals surface area contributed by atoms with E-state index in [1.54, 1.807) is 0 Å². The molecule has 0 unspecified atom stereocenters. The molecule has 0 saturated carbocycles. The number of amides is 1. The van der Waals surface area contributed by atoms with Crippen molar-refractivity contribution in [2.24, 2.45) is 0 Å². The number of rotatable bonds is 6. The standard InChI is InChI=1S/C26H26N6O2S/c1-17-16-22(31-26(27-17)32-12-14-34-15-13-32)29-20-8-10-21(11-9-20)30-24(33)23-18(2)28-25(35-23)19-6-4-3-5-7-19/h3-11,16H,12-15H2,1-2H3,(H,30,33)(H,27,29,31). The number of aromatic nitrogens is 3. The number of carbonyl (C=O) groups excluding carboxylic acids is 1. The average molecular weight is 487 g/mol. The summed E-state index contributed by atoms with van der Waals surface area (Å²) in [6.45, 7) is 6.75. The molecule has 35 heavy (non-hydrogen) atoms. The van der Waals surface area contributed by atoms with Crippen molar-refractivity contribution in [1.29, 1.82) is 0 Å². The van der Waals surface area contributed by atoms with Gasteiger partial charge in [-0.15, -0.1) is 11.3 Å². The van der Waals surface area contributed by atoms with Gasteiger partial charge in [0.05, 0.1) is 18.9 Å². The SMILES string of the molecule is Cc1cc(Nc2ccc(NC(=O)c3sc(-c4ccccc4)nc3C)cc2)nc(N2CCOCC2)n1. The maximum Gasteiger partial charge on any atom is 0.267 e.